The minimum absolute atomic E-state index is 0.0684. The molecule has 0 aromatic carbocycles. The van der Waals surface area contributed by atoms with Gasteiger partial charge in [-0.15, -0.1) is 0 Å². The Bertz CT molecular complexity index is 748. The molecule has 0 aromatic heterocycles. The molecule has 1 N–H and O–H groups in total. The summed E-state index contributed by atoms with van der Waals surface area (Å²) in [7, 11) is 3.97. The van der Waals surface area contributed by atoms with Crippen molar-refractivity contribution in [2.24, 2.45) is 0 Å². The van der Waals surface area contributed by atoms with E-state index >= 15 is 0 Å². The van der Waals surface area contributed by atoms with Crippen molar-refractivity contribution in [3.63, 3.8) is 0 Å². The Morgan fingerprint density at radius 2 is 1.87 bits per heavy atom. The second-order valence-electron chi connectivity index (χ2n) is 7.32. The predicted molar refractivity (Wildman–Crippen MR) is 132 cm³/mol. The van der Waals surface area contributed by atoms with Gasteiger partial charge in [0.05, 0.1) is 6.07 Å². The number of carbonyl (C=O) groups is 1. The van der Waals surface area contributed by atoms with Gasteiger partial charge in [-0.25, -0.2) is 0 Å². The molecule has 0 heterocycles. The minimum atomic E-state index is 0.0684. The van der Waals surface area contributed by atoms with Gasteiger partial charge < -0.3 is 15.1 Å². The second kappa shape index (κ2) is 17.7. The van der Waals surface area contributed by atoms with Gasteiger partial charge >= 0.3 is 0 Å². The maximum Gasteiger partial charge on any atom is 0.220 e. The number of unbranched alkanes of at least 4 members (excludes halogenated alkanes) is 1. The van der Waals surface area contributed by atoms with Crippen molar-refractivity contribution in [2.45, 2.75) is 32.6 Å². The topological polar surface area (TPSA) is 59.4 Å². The number of nitrogens with zero attached hydrogens (tertiary/aromatic N) is 3. The number of nitriles is 1. The number of nitrogens with one attached hydrogen (secondary N) is 1. The monoisotopic (exact) mass is 422 g/mol. The first-order valence-electron chi connectivity index (χ1n) is 10.6. The number of hydrogen-bond acceptors (Lipinski definition) is 4. The highest BCUT2D eigenvalue weighted by molar-refractivity contribution is 5.75. The Kier molecular flexibility index (Phi) is 16.0. The highest BCUT2D eigenvalue weighted by Crippen LogP contribution is 2.15. The summed E-state index contributed by atoms with van der Waals surface area (Å²) in [6.07, 6.45) is 17.6. The highest BCUT2D eigenvalue weighted by atomic mass is 16.1. The molecule has 0 aliphatic rings. The van der Waals surface area contributed by atoms with Crippen LogP contribution in [0.15, 0.2) is 85.3 Å². The van der Waals surface area contributed by atoms with E-state index < -0.39 is 0 Å². The largest absolute Gasteiger partial charge is 0.355 e. The van der Waals surface area contributed by atoms with Crippen LogP contribution in [0.5, 0.6) is 0 Å². The lowest BCUT2D eigenvalue weighted by molar-refractivity contribution is -0.121. The molecule has 0 spiro atoms. The van der Waals surface area contributed by atoms with Gasteiger partial charge in [0.1, 0.15) is 0 Å². The number of allylic oxidation sites excluding steroid dienone is 10. The molecule has 5 nitrogen and oxygen atoms in total. The normalized spacial score (nSPS) is 12.2. The van der Waals surface area contributed by atoms with Crippen LogP contribution in [-0.2, 0) is 4.79 Å². The van der Waals surface area contributed by atoms with Gasteiger partial charge in [-0.1, -0.05) is 50.1 Å². The summed E-state index contributed by atoms with van der Waals surface area (Å²) >= 11 is 0. The van der Waals surface area contributed by atoms with E-state index in [2.05, 4.69) is 42.1 Å². The van der Waals surface area contributed by atoms with E-state index in [9.17, 15) is 4.79 Å². The van der Waals surface area contributed by atoms with Crippen molar-refractivity contribution in [1.82, 2.24) is 15.1 Å². The molecule has 0 bridgehead atoms. The molecule has 0 rings (SSSR count). The standard InChI is InChI=1S/C26H38N4O/c1-7-9-15-24(22-27)16-11-10-12-17-25(14-8-2)30(23(3)4)20-13-18-26(31)28-19-21-29(5)6/h7-9,12,14-17H,1-3,10-11,13,18-21H2,4-6H3,(H,28,31)/b15-9-,17-12-,24-16+,25-14+. The first-order chi connectivity index (χ1) is 14.8. The maximum absolute atomic E-state index is 12.0. The fourth-order valence-electron chi connectivity index (χ4n) is 2.66. The average molecular weight is 423 g/mol. The van der Waals surface area contributed by atoms with Crippen molar-refractivity contribution in [3.8, 4) is 6.07 Å². The van der Waals surface area contributed by atoms with Gasteiger partial charge in [-0.3, -0.25) is 4.79 Å². The van der Waals surface area contributed by atoms with E-state index in [-0.39, 0.29) is 5.91 Å². The van der Waals surface area contributed by atoms with Crippen molar-refractivity contribution < 1.29 is 4.79 Å². The molecule has 0 saturated heterocycles. The fourth-order valence-corrected chi connectivity index (χ4v) is 2.66. The molecule has 0 unspecified atom stereocenters. The number of amides is 1. The van der Waals surface area contributed by atoms with Gasteiger partial charge in [0.2, 0.25) is 5.91 Å². The molecule has 5 heteroatoms. The quantitative estimate of drug-likeness (QED) is 0.219. The molecular weight excluding hydrogens is 384 g/mol. The molecule has 0 aliphatic heterocycles. The number of rotatable bonds is 16. The molecule has 0 fully saturated rings. The van der Waals surface area contributed by atoms with Crippen LogP contribution in [0.2, 0.25) is 0 Å². The van der Waals surface area contributed by atoms with Crippen LogP contribution in [-0.4, -0.2) is 49.4 Å². The summed E-state index contributed by atoms with van der Waals surface area (Å²) in [5.41, 5.74) is 2.51. The van der Waals surface area contributed by atoms with Gasteiger partial charge in [-0.05, 0) is 58.5 Å². The summed E-state index contributed by atoms with van der Waals surface area (Å²) in [4.78, 5) is 16.1. The zero-order valence-electron chi connectivity index (χ0n) is 19.4. The third kappa shape index (κ3) is 14.5. The first kappa shape index (κ1) is 27.9. The van der Waals surface area contributed by atoms with E-state index in [4.69, 9.17) is 5.26 Å². The van der Waals surface area contributed by atoms with Crippen LogP contribution >= 0.6 is 0 Å². The third-order valence-corrected chi connectivity index (χ3v) is 4.25. The van der Waals surface area contributed by atoms with Crippen LogP contribution in [0, 0.1) is 11.3 Å². The zero-order chi connectivity index (χ0) is 23.5. The molecular formula is C26H38N4O. The van der Waals surface area contributed by atoms with Crippen LogP contribution in [0.1, 0.15) is 32.6 Å². The first-order valence-corrected chi connectivity index (χ1v) is 10.6. The summed E-state index contributed by atoms with van der Waals surface area (Å²) in [5, 5.41) is 12.0. The van der Waals surface area contributed by atoms with E-state index in [0.717, 1.165) is 37.2 Å². The van der Waals surface area contributed by atoms with E-state index in [1.807, 2.05) is 44.1 Å². The Balaban J connectivity index is 4.79. The molecule has 1 amide bonds. The number of carbonyl (C=O) groups excluding carboxylic acids is 1. The third-order valence-electron chi connectivity index (χ3n) is 4.25. The van der Waals surface area contributed by atoms with Crippen LogP contribution in [0.4, 0.5) is 0 Å². The molecule has 168 valence electrons. The van der Waals surface area contributed by atoms with E-state index in [0.29, 0.717) is 25.1 Å². The smallest absolute Gasteiger partial charge is 0.220 e. The lowest BCUT2D eigenvalue weighted by Gasteiger charge is -2.26. The summed E-state index contributed by atoms with van der Waals surface area (Å²) < 4.78 is 0. The Morgan fingerprint density at radius 3 is 2.45 bits per heavy atom. The van der Waals surface area contributed by atoms with Gasteiger partial charge in [0.15, 0.2) is 0 Å². The van der Waals surface area contributed by atoms with E-state index in [1.54, 1.807) is 24.3 Å². The predicted octanol–water partition coefficient (Wildman–Crippen LogP) is 4.88. The number of likely N-dealkylation sites (N-methyl/N-ethyl adjacent to an activating group) is 1. The lowest BCUT2D eigenvalue weighted by atomic mass is 10.1. The molecule has 0 aliphatic carbocycles. The Labute approximate surface area is 189 Å². The van der Waals surface area contributed by atoms with Crippen molar-refractivity contribution in [2.75, 3.05) is 33.7 Å². The second-order valence-corrected chi connectivity index (χ2v) is 7.32. The van der Waals surface area contributed by atoms with Gasteiger partial charge in [-0.2, -0.15) is 5.26 Å². The Hall–Kier alpha value is -3.10. The van der Waals surface area contributed by atoms with Crippen molar-refractivity contribution >= 4 is 5.91 Å². The molecule has 31 heavy (non-hydrogen) atoms. The summed E-state index contributed by atoms with van der Waals surface area (Å²) in [6.45, 7) is 15.6. The van der Waals surface area contributed by atoms with Crippen LogP contribution < -0.4 is 5.32 Å². The van der Waals surface area contributed by atoms with Crippen LogP contribution in [0.3, 0.4) is 0 Å². The van der Waals surface area contributed by atoms with E-state index in [1.165, 1.54) is 0 Å². The fraction of sp³-hybridized carbons (Fsp3) is 0.385. The number of hydrogen-bond donors (Lipinski definition) is 1. The molecule has 0 aromatic rings. The zero-order valence-corrected chi connectivity index (χ0v) is 19.4. The van der Waals surface area contributed by atoms with Gasteiger partial charge in [0.25, 0.3) is 0 Å². The summed E-state index contributed by atoms with van der Waals surface area (Å²) in [6, 6.07) is 2.16. The SMILES string of the molecule is C=C/C=C\C(C#N)=C/CC/C=C\C(=C/C=C)N(CCCC(=O)NCCN(C)C)C(=C)C. The molecule has 0 atom stereocenters. The Morgan fingerprint density at radius 1 is 1.13 bits per heavy atom. The minimum Gasteiger partial charge on any atom is -0.355 e. The van der Waals surface area contributed by atoms with Crippen LogP contribution in [0.25, 0.3) is 0 Å². The highest BCUT2D eigenvalue weighted by Gasteiger charge is 2.09. The lowest BCUT2D eigenvalue weighted by Crippen LogP contribution is -2.31. The molecule has 0 saturated carbocycles. The summed E-state index contributed by atoms with van der Waals surface area (Å²) in [5.74, 6) is 0.0684. The maximum atomic E-state index is 12.0. The van der Waals surface area contributed by atoms with Crippen molar-refractivity contribution in [1.29, 1.82) is 5.26 Å². The van der Waals surface area contributed by atoms with Crippen molar-refractivity contribution in [3.05, 3.63) is 85.3 Å². The average Bonchev–Trinajstić information content (AvgIpc) is 2.72. The van der Waals surface area contributed by atoms with Gasteiger partial charge in [0, 0.05) is 43.0 Å². The molecule has 0 radical (unpaired) electrons.